The third kappa shape index (κ3) is 2.77. The van der Waals surface area contributed by atoms with Crippen LogP contribution in [0.5, 0.6) is 0 Å². The predicted octanol–water partition coefficient (Wildman–Crippen LogP) is 2.66. The molecule has 3 nitrogen and oxygen atoms in total. The zero-order chi connectivity index (χ0) is 9.84. The lowest BCUT2D eigenvalue weighted by molar-refractivity contribution is 0.0594. The summed E-state index contributed by atoms with van der Waals surface area (Å²) in [4.78, 5) is 15.1. The van der Waals surface area contributed by atoms with Gasteiger partial charge in [0.1, 0.15) is 9.43 Å². The minimum Gasteiger partial charge on any atom is -0.464 e. The third-order valence-electron chi connectivity index (χ3n) is 1.39. The number of rotatable bonds is 2. The molecule has 0 aliphatic rings. The summed E-state index contributed by atoms with van der Waals surface area (Å²) >= 11 is 6.58. The van der Waals surface area contributed by atoms with E-state index in [2.05, 4.69) is 41.6 Å². The zero-order valence-corrected chi connectivity index (χ0v) is 10.0. The third-order valence-corrected chi connectivity index (χ3v) is 2.33. The van der Waals surface area contributed by atoms with Gasteiger partial charge in [-0.15, -0.1) is 0 Å². The number of hydrogen-bond donors (Lipinski definition) is 0. The smallest absolute Gasteiger partial charge is 0.356 e. The molecule has 1 rings (SSSR count). The molecule has 0 atom stereocenters. The van der Waals surface area contributed by atoms with Crippen LogP contribution in [0, 0.1) is 0 Å². The predicted molar refractivity (Wildman–Crippen MR) is 56.2 cm³/mol. The van der Waals surface area contributed by atoms with Crippen LogP contribution in [0.15, 0.2) is 18.2 Å². The van der Waals surface area contributed by atoms with E-state index in [1.54, 1.807) is 18.2 Å². The van der Waals surface area contributed by atoms with E-state index in [1.807, 2.05) is 0 Å². The van der Waals surface area contributed by atoms with Crippen molar-refractivity contribution in [1.82, 2.24) is 4.98 Å². The summed E-state index contributed by atoms with van der Waals surface area (Å²) in [6, 6.07) is 5.17. The number of hydrogen-bond acceptors (Lipinski definition) is 3. The van der Waals surface area contributed by atoms with Gasteiger partial charge in [0.05, 0.1) is 12.8 Å². The molecule has 70 valence electrons. The van der Waals surface area contributed by atoms with Crippen molar-refractivity contribution >= 4 is 37.8 Å². The van der Waals surface area contributed by atoms with E-state index < -0.39 is 5.97 Å². The van der Waals surface area contributed by atoms with Gasteiger partial charge in [-0.3, -0.25) is 0 Å². The highest BCUT2D eigenvalue weighted by molar-refractivity contribution is 9.24. The minimum absolute atomic E-state index is 0.0513. The SMILES string of the molecule is COC(=O)c1cccc(C(Br)Br)n1. The Bertz CT molecular complexity index is 315. The quantitative estimate of drug-likeness (QED) is 0.623. The van der Waals surface area contributed by atoms with Gasteiger partial charge in [-0.25, -0.2) is 9.78 Å². The topological polar surface area (TPSA) is 39.2 Å². The van der Waals surface area contributed by atoms with Crippen molar-refractivity contribution in [3.05, 3.63) is 29.6 Å². The number of alkyl halides is 2. The maximum absolute atomic E-state index is 11.1. The number of methoxy groups -OCH3 is 1. The standard InChI is InChI=1S/C8H7Br2NO2/c1-13-8(12)6-4-2-3-5(11-6)7(9)10/h2-4,7H,1H3. The number of esters is 1. The van der Waals surface area contributed by atoms with Crippen molar-refractivity contribution in [3.63, 3.8) is 0 Å². The van der Waals surface area contributed by atoms with Gasteiger partial charge >= 0.3 is 5.97 Å². The summed E-state index contributed by atoms with van der Waals surface area (Å²) in [5.74, 6) is -0.428. The Hall–Kier alpha value is -0.420. The molecule has 13 heavy (non-hydrogen) atoms. The van der Waals surface area contributed by atoms with Gasteiger partial charge < -0.3 is 4.74 Å². The largest absolute Gasteiger partial charge is 0.464 e. The highest BCUT2D eigenvalue weighted by Crippen LogP contribution is 2.27. The second-order valence-corrected chi connectivity index (χ2v) is 5.30. The maximum Gasteiger partial charge on any atom is 0.356 e. The molecule has 0 fully saturated rings. The Morgan fingerprint density at radius 1 is 1.54 bits per heavy atom. The molecule has 1 aromatic rings. The van der Waals surface area contributed by atoms with Crippen molar-refractivity contribution in [1.29, 1.82) is 0 Å². The van der Waals surface area contributed by atoms with Crippen LogP contribution in [0.2, 0.25) is 0 Å². The molecule has 1 heterocycles. The molecule has 0 saturated heterocycles. The van der Waals surface area contributed by atoms with E-state index in [1.165, 1.54) is 7.11 Å². The molecule has 0 amide bonds. The number of carbonyl (C=O) groups is 1. The van der Waals surface area contributed by atoms with Crippen molar-refractivity contribution < 1.29 is 9.53 Å². The summed E-state index contributed by atoms with van der Waals surface area (Å²) in [7, 11) is 1.33. The normalized spacial score (nSPS) is 10.2. The number of pyridine rings is 1. The summed E-state index contributed by atoms with van der Waals surface area (Å²) in [5.41, 5.74) is 1.05. The van der Waals surface area contributed by atoms with E-state index in [-0.39, 0.29) is 3.74 Å². The van der Waals surface area contributed by atoms with Crippen LogP contribution in [0.4, 0.5) is 0 Å². The number of aromatic nitrogens is 1. The van der Waals surface area contributed by atoms with Crippen LogP contribution in [-0.4, -0.2) is 18.1 Å². The fraction of sp³-hybridized carbons (Fsp3) is 0.250. The van der Waals surface area contributed by atoms with Crippen LogP contribution in [0.1, 0.15) is 19.9 Å². The van der Waals surface area contributed by atoms with Gasteiger partial charge in [0.2, 0.25) is 0 Å². The molecule has 0 N–H and O–H groups in total. The molecular weight excluding hydrogens is 302 g/mol. The first-order chi connectivity index (χ1) is 6.15. The second-order valence-electron chi connectivity index (χ2n) is 2.24. The first-order valence-electron chi connectivity index (χ1n) is 3.48. The minimum atomic E-state index is -0.428. The number of halogens is 2. The molecule has 0 aliphatic carbocycles. The van der Waals surface area contributed by atoms with Crippen LogP contribution >= 0.6 is 31.9 Å². The summed E-state index contributed by atoms with van der Waals surface area (Å²) in [6.45, 7) is 0. The van der Waals surface area contributed by atoms with Crippen LogP contribution < -0.4 is 0 Å². The molecule has 0 spiro atoms. The highest BCUT2D eigenvalue weighted by Gasteiger charge is 2.10. The average Bonchev–Trinajstić information content (AvgIpc) is 2.17. The molecule has 0 aliphatic heterocycles. The van der Waals surface area contributed by atoms with E-state index in [4.69, 9.17) is 0 Å². The first kappa shape index (κ1) is 10.7. The van der Waals surface area contributed by atoms with E-state index in [0.29, 0.717) is 5.69 Å². The Labute approximate surface area is 92.8 Å². The Balaban J connectivity index is 2.98. The molecule has 5 heteroatoms. The van der Waals surface area contributed by atoms with E-state index >= 15 is 0 Å². The number of nitrogens with zero attached hydrogens (tertiary/aromatic N) is 1. The van der Waals surface area contributed by atoms with Crippen LogP contribution in [-0.2, 0) is 4.74 Å². The molecule has 0 radical (unpaired) electrons. The Kier molecular flexibility index (Phi) is 3.87. The van der Waals surface area contributed by atoms with Crippen molar-refractivity contribution in [2.75, 3.05) is 7.11 Å². The molecular formula is C8H7Br2NO2. The Morgan fingerprint density at radius 3 is 2.77 bits per heavy atom. The Morgan fingerprint density at radius 2 is 2.23 bits per heavy atom. The van der Waals surface area contributed by atoms with Gasteiger partial charge in [-0.1, -0.05) is 37.9 Å². The van der Waals surface area contributed by atoms with Crippen molar-refractivity contribution in [3.8, 4) is 0 Å². The fourth-order valence-electron chi connectivity index (χ4n) is 0.791. The summed E-state index contributed by atoms with van der Waals surface area (Å²) in [5, 5.41) is 0. The lowest BCUT2D eigenvalue weighted by atomic mass is 10.3. The summed E-state index contributed by atoms with van der Waals surface area (Å²) in [6.07, 6.45) is 0. The van der Waals surface area contributed by atoms with Crippen molar-refractivity contribution in [2.45, 2.75) is 3.74 Å². The maximum atomic E-state index is 11.1. The molecule has 0 unspecified atom stereocenters. The van der Waals surface area contributed by atoms with E-state index in [0.717, 1.165) is 5.69 Å². The monoisotopic (exact) mass is 307 g/mol. The van der Waals surface area contributed by atoms with Gasteiger partial charge in [-0.05, 0) is 12.1 Å². The molecule has 0 aromatic carbocycles. The number of carbonyl (C=O) groups excluding carboxylic acids is 1. The molecule has 0 saturated carbocycles. The molecule has 0 bridgehead atoms. The van der Waals surface area contributed by atoms with Gasteiger partial charge in [-0.2, -0.15) is 0 Å². The fourth-order valence-corrected chi connectivity index (χ4v) is 1.30. The van der Waals surface area contributed by atoms with Crippen LogP contribution in [0.25, 0.3) is 0 Å². The zero-order valence-electron chi connectivity index (χ0n) is 6.83. The van der Waals surface area contributed by atoms with Gasteiger partial charge in [0.15, 0.2) is 0 Å². The average molecular weight is 309 g/mol. The molecule has 1 aromatic heterocycles. The second kappa shape index (κ2) is 4.72. The van der Waals surface area contributed by atoms with Crippen LogP contribution in [0.3, 0.4) is 0 Å². The van der Waals surface area contributed by atoms with Crippen molar-refractivity contribution in [2.24, 2.45) is 0 Å². The van der Waals surface area contributed by atoms with Gasteiger partial charge in [0, 0.05) is 0 Å². The van der Waals surface area contributed by atoms with E-state index in [9.17, 15) is 4.79 Å². The highest BCUT2D eigenvalue weighted by atomic mass is 79.9. The summed E-state index contributed by atoms with van der Waals surface area (Å²) < 4.78 is 4.49. The number of ether oxygens (including phenoxy) is 1. The first-order valence-corrected chi connectivity index (χ1v) is 5.31. The lowest BCUT2D eigenvalue weighted by Crippen LogP contribution is -2.05. The lowest BCUT2D eigenvalue weighted by Gasteiger charge is -2.02. The van der Waals surface area contributed by atoms with Gasteiger partial charge in [0.25, 0.3) is 0 Å².